The van der Waals surface area contributed by atoms with E-state index in [1.54, 1.807) is 12.1 Å². The van der Waals surface area contributed by atoms with E-state index in [1.165, 1.54) is 7.11 Å². The second kappa shape index (κ2) is 6.50. The molecular formula is C16H17ClN2O2. The van der Waals surface area contributed by atoms with Gasteiger partial charge in [0.25, 0.3) is 0 Å². The Labute approximate surface area is 128 Å². The van der Waals surface area contributed by atoms with Gasteiger partial charge in [0.15, 0.2) is 0 Å². The summed E-state index contributed by atoms with van der Waals surface area (Å²) in [5, 5.41) is 3.95. The van der Waals surface area contributed by atoms with Crippen LogP contribution in [0.25, 0.3) is 0 Å². The van der Waals surface area contributed by atoms with Gasteiger partial charge < -0.3 is 15.8 Å². The zero-order valence-corrected chi connectivity index (χ0v) is 12.6. The molecule has 3 N–H and O–H groups in total. The Morgan fingerprint density at radius 1 is 1.24 bits per heavy atom. The number of anilines is 2. The largest absolute Gasteiger partial charge is 0.465 e. The van der Waals surface area contributed by atoms with Crippen molar-refractivity contribution in [2.45, 2.75) is 13.0 Å². The summed E-state index contributed by atoms with van der Waals surface area (Å²) >= 11 is 6.18. The number of carbonyl (C=O) groups excluding carboxylic acids is 1. The Balaban J connectivity index is 2.28. The summed E-state index contributed by atoms with van der Waals surface area (Å²) in [5.74, 6) is -0.457. The SMILES string of the molecule is COC(=O)c1cccc(NC(C)c2ccccc2Cl)c1N. The smallest absolute Gasteiger partial charge is 0.340 e. The van der Waals surface area contributed by atoms with Crippen LogP contribution in [0.15, 0.2) is 42.5 Å². The van der Waals surface area contributed by atoms with Crippen LogP contribution in [0.1, 0.15) is 28.9 Å². The summed E-state index contributed by atoms with van der Waals surface area (Å²) in [7, 11) is 1.33. The quantitative estimate of drug-likeness (QED) is 0.664. The number of esters is 1. The molecule has 0 aliphatic carbocycles. The average molecular weight is 305 g/mol. The van der Waals surface area contributed by atoms with Crippen molar-refractivity contribution in [1.29, 1.82) is 0 Å². The van der Waals surface area contributed by atoms with Crippen molar-refractivity contribution in [3.8, 4) is 0 Å². The molecule has 0 fully saturated rings. The fourth-order valence-electron chi connectivity index (χ4n) is 2.12. The van der Waals surface area contributed by atoms with E-state index in [0.717, 1.165) is 5.56 Å². The minimum Gasteiger partial charge on any atom is -0.465 e. The summed E-state index contributed by atoms with van der Waals surface area (Å²) in [4.78, 5) is 11.6. The minimum absolute atomic E-state index is 0.0473. The van der Waals surface area contributed by atoms with Crippen LogP contribution in [0, 0.1) is 0 Å². The summed E-state index contributed by atoms with van der Waals surface area (Å²) < 4.78 is 4.71. The number of methoxy groups -OCH3 is 1. The van der Waals surface area contributed by atoms with Gasteiger partial charge in [0.05, 0.1) is 30.1 Å². The molecule has 0 radical (unpaired) electrons. The number of halogens is 1. The number of nitrogen functional groups attached to an aromatic ring is 1. The lowest BCUT2D eigenvalue weighted by molar-refractivity contribution is 0.0602. The molecule has 0 aromatic heterocycles. The van der Waals surface area contributed by atoms with Crippen molar-refractivity contribution in [2.24, 2.45) is 0 Å². The normalized spacial score (nSPS) is 11.8. The van der Waals surface area contributed by atoms with Crippen molar-refractivity contribution >= 4 is 28.9 Å². The standard InChI is InChI=1S/C16H17ClN2O2/c1-10(11-6-3-4-8-13(11)17)19-14-9-5-7-12(15(14)18)16(20)21-2/h3-10,19H,18H2,1-2H3. The van der Waals surface area contributed by atoms with E-state index in [1.807, 2.05) is 37.3 Å². The number of para-hydroxylation sites is 1. The topological polar surface area (TPSA) is 64.3 Å². The summed E-state index contributed by atoms with van der Waals surface area (Å²) in [5.41, 5.74) is 8.37. The Kier molecular flexibility index (Phi) is 4.70. The highest BCUT2D eigenvalue weighted by atomic mass is 35.5. The number of ether oxygens (including phenoxy) is 1. The maximum absolute atomic E-state index is 11.6. The molecular weight excluding hydrogens is 288 g/mol. The Morgan fingerprint density at radius 2 is 1.95 bits per heavy atom. The van der Waals surface area contributed by atoms with Crippen LogP contribution < -0.4 is 11.1 Å². The molecule has 2 aromatic rings. The first-order valence-corrected chi connectivity index (χ1v) is 6.90. The predicted octanol–water partition coefficient (Wildman–Crippen LogP) is 3.88. The summed E-state index contributed by atoms with van der Waals surface area (Å²) in [6.07, 6.45) is 0. The molecule has 4 nitrogen and oxygen atoms in total. The van der Waals surface area contributed by atoms with Crippen LogP contribution in [-0.2, 0) is 4.74 Å². The van der Waals surface area contributed by atoms with Crippen LogP contribution in [0.4, 0.5) is 11.4 Å². The molecule has 21 heavy (non-hydrogen) atoms. The molecule has 1 atom stereocenters. The minimum atomic E-state index is -0.457. The average Bonchev–Trinajstić information content (AvgIpc) is 2.49. The molecule has 0 amide bonds. The number of nitrogens with two attached hydrogens (primary N) is 1. The summed E-state index contributed by atoms with van der Waals surface area (Å²) in [6, 6.07) is 12.7. The van der Waals surface area contributed by atoms with E-state index in [-0.39, 0.29) is 6.04 Å². The third-order valence-electron chi connectivity index (χ3n) is 3.26. The maximum atomic E-state index is 11.6. The van der Waals surface area contributed by atoms with Gasteiger partial charge in [-0.2, -0.15) is 0 Å². The molecule has 0 aliphatic rings. The molecule has 2 aromatic carbocycles. The monoisotopic (exact) mass is 304 g/mol. The van der Waals surface area contributed by atoms with Gasteiger partial charge in [-0.3, -0.25) is 0 Å². The number of benzene rings is 2. The Bertz CT molecular complexity index is 658. The molecule has 110 valence electrons. The van der Waals surface area contributed by atoms with E-state index in [4.69, 9.17) is 22.1 Å². The maximum Gasteiger partial charge on any atom is 0.340 e. The third kappa shape index (κ3) is 3.28. The van der Waals surface area contributed by atoms with Crippen molar-refractivity contribution in [1.82, 2.24) is 0 Å². The van der Waals surface area contributed by atoms with Gasteiger partial charge in [-0.25, -0.2) is 4.79 Å². The van der Waals surface area contributed by atoms with Crippen LogP contribution in [0.3, 0.4) is 0 Å². The highest BCUT2D eigenvalue weighted by molar-refractivity contribution is 6.31. The van der Waals surface area contributed by atoms with Gasteiger partial charge in [-0.15, -0.1) is 0 Å². The molecule has 0 saturated heterocycles. The van der Waals surface area contributed by atoms with E-state index in [9.17, 15) is 4.79 Å². The second-order valence-corrected chi connectivity index (χ2v) is 5.05. The number of hydrogen-bond acceptors (Lipinski definition) is 4. The van der Waals surface area contributed by atoms with Crippen LogP contribution in [0.5, 0.6) is 0 Å². The van der Waals surface area contributed by atoms with Crippen LogP contribution in [-0.4, -0.2) is 13.1 Å². The Hall–Kier alpha value is -2.20. The molecule has 5 heteroatoms. The predicted molar refractivity (Wildman–Crippen MR) is 85.7 cm³/mol. The van der Waals surface area contributed by atoms with Gasteiger partial charge >= 0.3 is 5.97 Å². The van der Waals surface area contributed by atoms with E-state index in [0.29, 0.717) is 22.0 Å². The van der Waals surface area contributed by atoms with Gasteiger partial charge in [0.1, 0.15) is 0 Å². The molecule has 0 bridgehead atoms. The number of carbonyl (C=O) groups is 1. The highest BCUT2D eigenvalue weighted by Gasteiger charge is 2.15. The zero-order chi connectivity index (χ0) is 15.4. The fraction of sp³-hybridized carbons (Fsp3) is 0.188. The molecule has 2 rings (SSSR count). The number of rotatable bonds is 4. The van der Waals surface area contributed by atoms with Crippen molar-refractivity contribution in [3.63, 3.8) is 0 Å². The first-order chi connectivity index (χ1) is 10.0. The lowest BCUT2D eigenvalue weighted by Gasteiger charge is -2.19. The fourth-order valence-corrected chi connectivity index (χ4v) is 2.42. The summed E-state index contributed by atoms with van der Waals surface area (Å²) in [6.45, 7) is 1.98. The van der Waals surface area contributed by atoms with E-state index >= 15 is 0 Å². The van der Waals surface area contributed by atoms with E-state index < -0.39 is 5.97 Å². The van der Waals surface area contributed by atoms with E-state index in [2.05, 4.69) is 5.32 Å². The molecule has 0 heterocycles. The lowest BCUT2D eigenvalue weighted by Crippen LogP contribution is -2.12. The number of nitrogens with one attached hydrogen (secondary N) is 1. The molecule has 0 aliphatic heterocycles. The first kappa shape index (κ1) is 15.2. The van der Waals surface area contributed by atoms with Gasteiger partial charge in [0, 0.05) is 5.02 Å². The molecule has 0 spiro atoms. The molecule has 0 saturated carbocycles. The van der Waals surface area contributed by atoms with Crippen LogP contribution in [0.2, 0.25) is 5.02 Å². The third-order valence-corrected chi connectivity index (χ3v) is 3.60. The van der Waals surface area contributed by atoms with Crippen molar-refractivity contribution in [3.05, 3.63) is 58.6 Å². The van der Waals surface area contributed by atoms with Gasteiger partial charge in [-0.05, 0) is 30.7 Å². The molecule has 1 unspecified atom stereocenters. The van der Waals surface area contributed by atoms with Gasteiger partial charge in [0.2, 0.25) is 0 Å². The lowest BCUT2D eigenvalue weighted by atomic mass is 10.1. The van der Waals surface area contributed by atoms with Crippen molar-refractivity contribution < 1.29 is 9.53 Å². The van der Waals surface area contributed by atoms with Crippen LogP contribution >= 0.6 is 11.6 Å². The zero-order valence-electron chi connectivity index (χ0n) is 11.9. The highest BCUT2D eigenvalue weighted by Crippen LogP contribution is 2.30. The first-order valence-electron chi connectivity index (χ1n) is 6.52. The van der Waals surface area contributed by atoms with Gasteiger partial charge in [-0.1, -0.05) is 35.9 Å². The second-order valence-electron chi connectivity index (χ2n) is 4.65. The number of hydrogen-bond donors (Lipinski definition) is 2. The van der Waals surface area contributed by atoms with Crippen molar-refractivity contribution in [2.75, 3.05) is 18.2 Å². The Morgan fingerprint density at radius 3 is 2.62 bits per heavy atom.